The molecule has 0 N–H and O–H groups in total. The number of amides is 1. The summed E-state index contributed by atoms with van der Waals surface area (Å²) in [7, 11) is 0. The lowest BCUT2D eigenvalue weighted by Gasteiger charge is -2.51. The van der Waals surface area contributed by atoms with Gasteiger partial charge in [-0.1, -0.05) is 13.8 Å². The monoisotopic (exact) mass is 251 g/mol. The predicted octanol–water partition coefficient (Wildman–Crippen LogP) is 2.50. The number of fused-ring (bicyclic) bond motifs is 3. The minimum Gasteiger partial charge on any atom is -0.343 e. The van der Waals surface area contributed by atoms with Gasteiger partial charge in [0.15, 0.2) is 0 Å². The number of hydrogen-bond acceptors (Lipinski definition) is 2. The number of hydrogen-bond donors (Lipinski definition) is 0. The highest BCUT2D eigenvalue weighted by Crippen LogP contribution is 2.53. The molecule has 0 aromatic carbocycles. The van der Waals surface area contributed by atoms with Crippen molar-refractivity contribution >= 4 is 11.7 Å². The van der Waals surface area contributed by atoms with Crippen LogP contribution in [0.1, 0.15) is 47.0 Å². The molecule has 0 spiro atoms. The molecular formula is C15H25NO2. The molecule has 3 saturated carbocycles. The molecule has 3 aliphatic carbocycles. The average Bonchev–Trinajstić information content (AvgIpc) is 2.31. The molecule has 102 valence electrons. The molecule has 0 aliphatic heterocycles. The molecule has 0 aromatic rings. The SMILES string of the molecule is CCN(CC)C(=O)[C@H]1C(=O)[C@@H]2CC[C@@H]1C(C)(C)C2. The van der Waals surface area contributed by atoms with Gasteiger partial charge in [0.2, 0.25) is 5.91 Å². The molecule has 3 atom stereocenters. The molecule has 3 fully saturated rings. The summed E-state index contributed by atoms with van der Waals surface area (Å²) in [5.41, 5.74) is 0.143. The number of Topliss-reactive ketones (excluding diaryl/α,β-unsaturated/α-hetero) is 1. The standard InChI is InChI=1S/C15H25NO2/c1-5-16(6-2)14(18)12-11-8-7-10(13(12)17)9-15(11,3)4/h10-12H,5-9H2,1-4H3/t10-,11+,12-/m1/s1. The van der Waals surface area contributed by atoms with Crippen molar-refractivity contribution in [1.29, 1.82) is 0 Å². The molecule has 3 heteroatoms. The second-order valence-corrected chi connectivity index (χ2v) is 6.46. The Balaban J connectivity index is 2.26. The van der Waals surface area contributed by atoms with Gasteiger partial charge in [0.1, 0.15) is 11.7 Å². The first-order valence-corrected chi connectivity index (χ1v) is 7.24. The predicted molar refractivity (Wildman–Crippen MR) is 71.0 cm³/mol. The van der Waals surface area contributed by atoms with Crippen molar-refractivity contribution in [3.05, 3.63) is 0 Å². The Morgan fingerprint density at radius 3 is 2.39 bits per heavy atom. The van der Waals surface area contributed by atoms with Crippen molar-refractivity contribution in [3.8, 4) is 0 Å². The fourth-order valence-corrected chi connectivity index (χ4v) is 4.00. The second kappa shape index (κ2) is 4.67. The summed E-state index contributed by atoms with van der Waals surface area (Å²) < 4.78 is 0. The summed E-state index contributed by atoms with van der Waals surface area (Å²) in [5, 5.41) is 0. The highest BCUT2D eigenvalue weighted by Gasteiger charge is 2.54. The van der Waals surface area contributed by atoms with Crippen molar-refractivity contribution in [2.75, 3.05) is 13.1 Å². The van der Waals surface area contributed by atoms with E-state index in [0.29, 0.717) is 13.1 Å². The summed E-state index contributed by atoms with van der Waals surface area (Å²) in [6, 6.07) is 0. The summed E-state index contributed by atoms with van der Waals surface area (Å²) in [6.07, 6.45) is 3.01. The van der Waals surface area contributed by atoms with Gasteiger partial charge in [0, 0.05) is 19.0 Å². The van der Waals surface area contributed by atoms with Gasteiger partial charge in [-0.2, -0.15) is 0 Å². The van der Waals surface area contributed by atoms with E-state index < -0.39 is 0 Å². The molecule has 0 heterocycles. The smallest absolute Gasteiger partial charge is 0.233 e. The highest BCUT2D eigenvalue weighted by molar-refractivity contribution is 6.04. The Bertz CT molecular complexity index is 358. The van der Waals surface area contributed by atoms with Gasteiger partial charge in [-0.15, -0.1) is 0 Å². The fraction of sp³-hybridized carbons (Fsp3) is 0.867. The zero-order valence-electron chi connectivity index (χ0n) is 12.0. The van der Waals surface area contributed by atoms with Crippen LogP contribution in [0.15, 0.2) is 0 Å². The van der Waals surface area contributed by atoms with Crippen LogP contribution in [0.4, 0.5) is 0 Å². The number of nitrogens with zero attached hydrogens (tertiary/aromatic N) is 1. The number of rotatable bonds is 3. The maximum absolute atomic E-state index is 12.6. The van der Waals surface area contributed by atoms with Crippen molar-refractivity contribution in [2.45, 2.75) is 47.0 Å². The van der Waals surface area contributed by atoms with Crippen LogP contribution >= 0.6 is 0 Å². The van der Waals surface area contributed by atoms with Crippen LogP contribution in [0.3, 0.4) is 0 Å². The first kappa shape index (κ1) is 13.6. The van der Waals surface area contributed by atoms with Crippen molar-refractivity contribution < 1.29 is 9.59 Å². The molecule has 2 bridgehead atoms. The highest BCUT2D eigenvalue weighted by atomic mass is 16.2. The van der Waals surface area contributed by atoms with Crippen LogP contribution < -0.4 is 0 Å². The van der Waals surface area contributed by atoms with E-state index in [-0.39, 0.29) is 34.9 Å². The van der Waals surface area contributed by atoms with E-state index in [1.165, 1.54) is 0 Å². The molecule has 3 aliphatic rings. The molecule has 1 amide bonds. The Morgan fingerprint density at radius 2 is 1.89 bits per heavy atom. The quantitative estimate of drug-likeness (QED) is 0.723. The molecule has 0 aromatic heterocycles. The van der Waals surface area contributed by atoms with Crippen molar-refractivity contribution in [3.63, 3.8) is 0 Å². The van der Waals surface area contributed by atoms with E-state index in [0.717, 1.165) is 19.3 Å². The van der Waals surface area contributed by atoms with Crippen LogP contribution in [0.2, 0.25) is 0 Å². The summed E-state index contributed by atoms with van der Waals surface area (Å²) in [6.45, 7) is 9.82. The zero-order valence-corrected chi connectivity index (χ0v) is 12.0. The Kier molecular flexibility index (Phi) is 3.52. The maximum atomic E-state index is 12.6. The lowest BCUT2D eigenvalue weighted by Crippen LogP contribution is -2.55. The largest absolute Gasteiger partial charge is 0.343 e. The lowest BCUT2D eigenvalue weighted by molar-refractivity contribution is -0.158. The van der Waals surface area contributed by atoms with Gasteiger partial charge >= 0.3 is 0 Å². The second-order valence-electron chi connectivity index (χ2n) is 6.46. The fourth-order valence-electron chi connectivity index (χ4n) is 4.00. The van der Waals surface area contributed by atoms with Crippen molar-refractivity contribution in [1.82, 2.24) is 4.90 Å². The summed E-state index contributed by atoms with van der Waals surface area (Å²) in [5.74, 6) is 0.333. The van der Waals surface area contributed by atoms with E-state index in [9.17, 15) is 9.59 Å². The van der Waals surface area contributed by atoms with Gasteiger partial charge in [-0.25, -0.2) is 0 Å². The van der Waals surface area contributed by atoms with E-state index in [4.69, 9.17) is 0 Å². The van der Waals surface area contributed by atoms with Gasteiger partial charge in [0.05, 0.1) is 0 Å². The van der Waals surface area contributed by atoms with Gasteiger partial charge in [0.25, 0.3) is 0 Å². The van der Waals surface area contributed by atoms with E-state index in [2.05, 4.69) is 13.8 Å². The van der Waals surface area contributed by atoms with E-state index in [1.54, 1.807) is 0 Å². The molecule has 3 nitrogen and oxygen atoms in total. The van der Waals surface area contributed by atoms with Gasteiger partial charge in [-0.05, 0) is 44.4 Å². The number of ketones is 1. The Morgan fingerprint density at radius 1 is 1.28 bits per heavy atom. The molecule has 3 rings (SSSR count). The third-order valence-electron chi connectivity index (χ3n) is 5.05. The average molecular weight is 251 g/mol. The Hall–Kier alpha value is -0.860. The first-order valence-electron chi connectivity index (χ1n) is 7.24. The lowest BCUT2D eigenvalue weighted by atomic mass is 9.52. The van der Waals surface area contributed by atoms with Gasteiger partial charge < -0.3 is 4.90 Å². The minimum atomic E-state index is -0.354. The summed E-state index contributed by atoms with van der Waals surface area (Å²) in [4.78, 5) is 26.8. The van der Waals surface area contributed by atoms with E-state index >= 15 is 0 Å². The Labute approximate surface area is 110 Å². The molecular weight excluding hydrogens is 226 g/mol. The molecule has 18 heavy (non-hydrogen) atoms. The first-order chi connectivity index (χ1) is 8.42. The number of carbonyl (C=O) groups excluding carboxylic acids is 2. The third kappa shape index (κ3) is 1.98. The molecule has 0 radical (unpaired) electrons. The topological polar surface area (TPSA) is 37.4 Å². The molecule has 0 unspecified atom stereocenters. The summed E-state index contributed by atoms with van der Waals surface area (Å²) >= 11 is 0. The minimum absolute atomic E-state index is 0.0764. The maximum Gasteiger partial charge on any atom is 0.233 e. The van der Waals surface area contributed by atoms with Crippen molar-refractivity contribution in [2.24, 2.45) is 23.2 Å². The normalized spacial score (nSPS) is 33.6. The van der Waals surface area contributed by atoms with Crippen LogP contribution in [0.25, 0.3) is 0 Å². The van der Waals surface area contributed by atoms with Crippen LogP contribution in [0, 0.1) is 23.2 Å². The van der Waals surface area contributed by atoms with Crippen LogP contribution in [-0.4, -0.2) is 29.7 Å². The van der Waals surface area contributed by atoms with E-state index in [1.807, 2.05) is 18.7 Å². The number of carbonyl (C=O) groups is 2. The van der Waals surface area contributed by atoms with Crippen LogP contribution in [0.5, 0.6) is 0 Å². The zero-order chi connectivity index (χ0) is 13.5. The third-order valence-corrected chi connectivity index (χ3v) is 5.05. The molecule has 0 saturated heterocycles. The van der Waals surface area contributed by atoms with Gasteiger partial charge in [-0.3, -0.25) is 9.59 Å². The van der Waals surface area contributed by atoms with Crippen LogP contribution in [-0.2, 0) is 9.59 Å².